The molecule has 0 fully saturated rings. The smallest absolute Gasteiger partial charge is 0.165 e. The minimum atomic E-state index is -0.373. The number of methoxy groups -OCH3 is 1. The van der Waals surface area contributed by atoms with Gasteiger partial charge in [-0.1, -0.05) is 66.9 Å². The predicted molar refractivity (Wildman–Crippen MR) is 81.3 cm³/mol. The fourth-order valence-electron chi connectivity index (χ4n) is 2.04. The van der Waals surface area contributed by atoms with E-state index in [0.717, 1.165) is 24.0 Å². The summed E-state index contributed by atoms with van der Waals surface area (Å²) in [7, 11) is 1.61. The van der Waals surface area contributed by atoms with Crippen LogP contribution in [0.3, 0.4) is 0 Å². The highest BCUT2D eigenvalue weighted by Gasteiger charge is 2.20. The van der Waals surface area contributed by atoms with Crippen molar-refractivity contribution < 1.29 is 4.74 Å². The van der Waals surface area contributed by atoms with Gasteiger partial charge in [-0.05, 0) is 12.0 Å². The molecule has 0 N–H and O–H groups in total. The van der Waals surface area contributed by atoms with Gasteiger partial charge in [-0.15, -0.1) is 0 Å². The molecule has 3 nitrogen and oxygen atoms in total. The summed E-state index contributed by atoms with van der Waals surface area (Å²) < 4.78 is 5.49. The van der Waals surface area contributed by atoms with Gasteiger partial charge in [0.2, 0.25) is 0 Å². The Morgan fingerprint density at radius 2 is 1.70 bits per heavy atom. The Labute approximate surface area is 128 Å². The Balaban J connectivity index is 2.41. The van der Waals surface area contributed by atoms with Crippen molar-refractivity contribution in [1.82, 2.24) is 9.97 Å². The normalized spacial score (nSPS) is 12.4. The molecule has 0 saturated heterocycles. The zero-order valence-electron chi connectivity index (χ0n) is 11.4. The molecule has 1 aromatic heterocycles. The van der Waals surface area contributed by atoms with E-state index in [2.05, 4.69) is 16.9 Å². The van der Waals surface area contributed by atoms with Gasteiger partial charge < -0.3 is 4.74 Å². The molecule has 5 heteroatoms. The molecule has 2 rings (SSSR count). The van der Waals surface area contributed by atoms with Crippen LogP contribution in [0, 0.1) is 0 Å². The van der Waals surface area contributed by atoms with Gasteiger partial charge in [0.15, 0.2) is 5.82 Å². The average Bonchev–Trinajstić information content (AvgIpc) is 2.45. The molecule has 1 atom stereocenters. The SMILES string of the molecule is CCCc1c(Cl)nc(C(OC)c2ccccc2)nc1Cl. The number of nitrogens with zero attached hydrogens (tertiary/aromatic N) is 2. The molecule has 2 aromatic rings. The molecule has 0 saturated carbocycles. The van der Waals surface area contributed by atoms with E-state index in [0.29, 0.717) is 16.1 Å². The van der Waals surface area contributed by atoms with Crippen LogP contribution >= 0.6 is 23.2 Å². The van der Waals surface area contributed by atoms with Gasteiger partial charge in [-0.3, -0.25) is 0 Å². The van der Waals surface area contributed by atoms with Crippen LogP contribution in [0.2, 0.25) is 10.3 Å². The lowest BCUT2D eigenvalue weighted by atomic mass is 10.1. The first-order valence-electron chi connectivity index (χ1n) is 6.47. The average molecular weight is 311 g/mol. The summed E-state index contributed by atoms with van der Waals surface area (Å²) in [6, 6.07) is 9.74. The second kappa shape index (κ2) is 7.02. The minimum Gasteiger partial charge on any atom is -0.369 e. The molecule has 1 unspecified atom stereocenters. The number of hydrogen-bond donors (Lipinski definition) is 0. The van der Waals surface area contributed by atoms with Gasteiger partial charge in [0.05, 0.1) is 0 Å². The molecule has 1 heterocycles. The Morgan fingerprint density at radius 1 is 1.10 bits per heavy atom. The molecule has 0 amide bonds. The summed E-state index contributed by atoms with van der Waals surface area (Å²) >= 11 is 12.4. The van der Waals surface area contributed by atoms with E-state index in [1.54, 1.807) is 7.11 Å². The van der Waals surface area contributed by atoms with Crippen molar-refractivity contribution >= 4 is 23.2 Å². The maximum Gasteiger partial charge on any atom is 0.165 e. The maximum atomic E-state index is 6.21. The largest absolute Gasteiger partial charge is 0.369 e. The molecule has 0 aliphatic carbocycles. The number of hydrogen-bond acceptors (Lipinski definition) is 3. The highest BCUT2D eigenvalue weighted by Crippen LogP contribution is 2.28. The second-order valence-corrected chi connectivity index (χ2v) is 5.13. The first-order chi connectivity index (χ1) is 9.67. The van der Waals surface area contributed by atoms with Crippen LogP contribution < -0.4 is 0 Å². The lowest BCUT2D eigenvalue weighted by Crippen LogP contribution is -2.10. The van der Waals surface area contributed by atoms with Gasteiger partial charge in [0.25, 0.3) is 0 Å². The third kappa shape index (κ3) is 3.29. The van der Waals surface area contributed by atoms with Crippen LogP contribution in [0.1, 0.15) is 36.4 Å². The van der Waals surface area contributed by atoms with E-state index < -0.39 is 0 Å². The van der Waals surface area contributed by atoms with Crippen molar-refractivity contribution in [3.63, 3.8) is 0 Å². The molecule has 0 bridgehead atoms. The zero-order valence-corrected chi connectivity index (χ0v) is 12.9. The molecule has 106 valence electrons. The lowest BCUT2D eigenvalue weighted by Gasteiger charge is -2.16. The first kappa shape index (κ1) is 15.2. The van der Waals surface area contributed by atoms with E-state index in [1.165, 1.54) is 0 Å². The molecule has 20 heavy (non-hydrogen) atoms. The Bertz CT molecular complexity index is 552. The van der Waals surface area contributed by atoms with Crippen LogP contribution in [0.4, 0.5) is 0 Å². The summed E-state index contributed by atoms with van der Waals surface area (Å²) in [5, 5.41) is 0.805. The number of halogens is 2. The zero-order chi connectivity index (χ0) is 14.5. The van der Waals surface area contributed by atoms with Crippen molar-refractivity contribution in [3.8, 4) is 0 Å². The Hall–Kier alpha value is -1.16. The number of benzene rings is 1. The summed E-state index contributed by atoms with van der Waals surface area (Å²) in [6.45, 7) is 2.06. The second-order valence-electron chi connectivity index (χ2n) is 4.42. The van der Waals surface area contributed by atoms with Crippen LogP contribution in [0.5, 0.6) is 0 Å². The number of aromatic nitrogens is 2. The highest BCUT2D eigenvalue weighted by atomic mass is 35.5. The predicted octanol–water partition coefficient (Wildman–Crippen LogP) is 4.47. The van der Waals surface area contributed by atoms with Crippen LogP contribution in [-0.2, 0) is 11.2 Å². The summed E-state index contributed by atoms with van der Waals surface area (Å²) in [5.74, 6) is 0.480. The van der Waals surface area contributed by atoms with Crippen LogP contribution in [0.25, 0.3) is 0 Å². The van der Waals surface area contributed by atoms with E-state index in [4.69, 9.17) is 27.9 Å². The minimum absolute atomic E-state index is 0.373. The molecule has 0 aliphatic rings. The number of ether oxygens (including phenoxy) is 1. The van der Waals surface area contributed by atoms with Crippen LogP contribution in [-0.4, -0.2) is 17.1 Å². The first-order valence-corrected chi connectivity index (χ1v) is 7.22. The highest BCUT2D eigenvalue weighted by molar-refractivity contribution is 6.34. The van der Waals surface area contributed by atoms with Crippen molar-refractivity contribution in [2.24, 2.45) is 0 Å². The van der Waals surface area contributed by atoms with Gasteiger partial charge in [0, 0.05) is 12.7 Å². The van der Waals surface area contributed by atoms with Crippen molar-refractivity contribution in [2.45, 2.75) is 25.9 Å². The quantitative estimate of drug-likeness (QED) is 0.764. The maximum absolute atomic E-state index is 6.21. The molecular weight excluding hydrogens is 295 g/mol. The standard InChI is InChI=1S/C15H16Cl2N2O/c1-3-7-11-13(16)18-15(19-14(11)17)12(20-2)10-8-5-4-6-9-10/h4-6,8-9,12H,3,7H2,1-2H3. The van der Waals surface area contributed by atoms with Gasteiger partial charge in [-0.25, -0.2) is 9.97 Å². The fourth-order valence-corrected chi connectivity index (χ4v) is 2.63. The van der Waals surface area contributed by atoms with E-state index in [-0.39, 0.29) is 6.10 Å². The monoisotopic (exact) mass is 310 g/mol. The van der Waals surface area contributed by atoms with Crippen molar-refractivity contribution in [2.75, 3.05) is 7.11 Å². The Kier molecular flexibility index (Phi) is 5.35. The van der Waals surface area contributed by atoms with Crippen molar-refractivity contribution in [3.05, 3.63) is 57.6 Å². The van der Waals surface area contributed by atoms with Crippen molar-refractivity contribution in [1.29, 1.82) is 0 Å². The summed E-state index contributed by atoms with van der Waals surface area (Å²) in [6.07, 6.45) is 1.33. The summed E-state index contributed by atoms with van der Waals surface area (Å²) in [5.41, 5.74) is 1.76. The van der Waals surface area contributed by atoms with E-state index in [9.17, 15) is 0 Å². The fraction of sp³-hybridized carbons (Fsp3) is 0.333. The van der Waals surface area contributed by atoms with Gasteiger partial charge in [-0.2, -0.15) is 0 Å². The van der Waals surface area contributed by atoms with E-state index >= 15 is 0 Å². The van der Waals surface area contributed by atoms with Crippen LogP contribution in [0.15, 0.2) is 30.3 Å². The third-order valence-corrected chi connectivity index (χ3v) is 3.62. The molecule has 0 spiro atoms. The van der Waals surface area contributed by atoms with Gasteiger partial charge >= 0.3 is 0 Å². The molecular formula is C15H16Cl2N2O. The van der Waals surface area contributed by atoms with E-state index in [1.807, 2.05) is 30.3 Å². The topological polar surface area (TPSA) is 35.0 Å². The van der Waals surface area contributed by atoms with Gasteiger partial charge in [0.1, 0.15) is 16.4 Å². The summed E-state index contributed by atoms with van der Waals surface area (Å²) in [4.78, 5) is 8.69. The molecule has 1 aromatic carbocycles. The molecule has 0 aliphatic heterocycles. The molecule has 0 radical (unpaired) electrons. The Morgan fingerprint density at radius 3 is 2.20 bits per heavy atom. The third-order valence-electron chi connectivity index (χ3n) is 3.00. The lowest BCUT2D eigenvalue weighted by molar-refractivity contribution is 0.129. The number of rotatable bonds is 5.